The Hall–Kier alpha value is -0.0800. The third-order valence-electron chi connectivity index (χ3n) is 6.07. The first kappa shape index (κ1) is 24.9. The second-order valence-corrected chi connectivity index (χ2v) is 8.47. The third kappa shape index (κ3) is 15.9. The molecule has 0 amide bonds. The summed E-state index contributed by atoms with van der Waals surface area (Å²) in [6, 6.07) is 0.372. The zero-order valence-electron chi connectivity index (χ0n) is 18.2. The Balaban J connectivity index is 3.17. The van der Waals surface area contributed by atoms with Gasteiger partial charge in [0.15, 0.2) is 0 Å². The van der Waals surface area contributed by atoms with E-state index in [0.717, 1.165) is 13.0 Å². The number of unbranched alkanes of at least 4 members (excludes halogenated alkanes) is 15. The van der Waals surface area contributed by atoms with E-state index in [0.29, 0.717) is 6.04 Å². The van der Waals surface area contributed by atoms with Crippen molar-refractivity contribution in [2.75, 3.05) is 13.6 Å². The average molecular weight is 357 g/mol. The topological polar surface area (TPSA) is 20.2 Å². The van der Waals surface area contributed by atoms with E-state index in [1.54, 1.807) is 0 Å². The summed E-state index contributed by atoms with van der Waals surface area (Å²) in [6.45, 7) is 7.33. The summed E-state index contributed by atoms with van der Waals surface area (Å²) in [6.07, 6.45) is 23.9. The number of rotatable bonds is 19. The van der Waals surface area contributed by atoms with Gasteiger partial charge in [0.2, 0.25) is 0 Å². The molecule has 0 radical (unpaired) electrons. The molecule has 0 aromatic carbocycles. The van der Waals surface area contributed by atoms with Gasteiger partial charge in [-0.25, -0.2) is 5.21 Å². The van der Waals surface area contributed by atoms with Crippen LogP contribution in [-0.4, -0.2) is 29.5 Å². The first-order valence-electron chi connectivity index (χ1n) is 11.6. The third-order valence-corrected chi connectivity index (χ3v) is 6.07. The Kier molecular flexibility index (Phi) is 17.3. The van der Waals surface area contributed by atoms with E-state index < -0.39 is 0 Å². The van der Waals surface area contributed by atoms with Gasteiger partial charge in [-0.1, -0.05) is 103 Å². The fourth-order valence-corrected chi connectivity index (χ4v) is 3.58. The van der Waals surface area contributed by atoms with Gasteiger partial charge in [0.25, 0.3) is 0 Å². The summed E-state index contributed by atoms with van der Waals surface area (Å²) >= 11 is 0. The summed E-state index contributed by atoms with van der Waals surface area (Å²) < 4.78 is 0.179. The van der Waals surface area contributed by atoms with Crippen molar-refractivity contribution in [1.29, 1.82) is 0 Å². The van der Waals surface area contributed by atoms with E-state index in [9.17, 15) is 5.21 Å². The highest BCUT2D eigenvalue weighted by Crippen LogP contribution is 2.16. The van der Waals surface area contributed by atoms with Gasteiger partial charge in [-0.15, -0.1) is 0 Å². The summed E-state index contributed by atoms with van der Waals surface area (Å²) in [4.78, 5) is 0. The normalized spacial score (nSPS) is 15.2. The standard InChI is InChI=1S/C23H50NO/c1-5-7-8-9-10-11-12-13-14-15-16-17-18-19-20-21-22-23(3)24(4,25)6-2/h23,25H,5-22H2,1-4H3/q+1. The van der Waals surface area contributed by atoms with Crippen LogP contribution in [0.3, 0.4) is 0 Å². The van der Waals surface area contributed by atoms with Crippen LogP contribution in [0.4, 0.5) is 0 Å². The molecule has 0 aromatic rings. The van der Waals surface area contributed by atoms with Crippen LogP contribution in [0.1, 0.15) is 130 Å². The lowest BCUT2D eigenvalue weighted by atomic mass is 10.0. The fraction of sp³-hybridized carbons (Fsp3) is 1.00. The van der Waals surface area contributed by atoms with Gasteiger partial charge < -0.3 is 0 Å². The summed E-state index contributed by atoms with van der Waals surface area (Å²) in [5.74, 6) is 0. The second-order valence-electron chi connectivity index (χ2n) is 8.47. The van der Waals surface area contributed by atoms with Crippen LogP contribution < -0.4 is 0 Å². The highest BCUT2D eigenvalue weighted by Gasteiger charge is 2.24. The van der Waals surface area contributed by atoms with Crippen molar-refractivity contribution >= 4 is 0 Å². The maximum absolute atomic E-state index is 10.2. The minimum atomic E-state index is 0.179. The SMILES string of the molecule is CCCCCCCCCCCCCCCCCCC(C)[N+](C)(O)CC. The minimum Gasteiger partial charge on any atom is -0.217 e. The van der Waals surface area contributed by atoms with Crippen LogP contribution in [0.2, 0.25) is 0 Å². The van der Waals surface area contributed by atoms with E-state index in [1.165, 1.54) is 103 Å². The van der Waals surface area contributed by atoms with Gasteiger partial charge in [-0.05, 0) is 20.3 Å². The Morgan fingerprint density at radius 2 is 0.920 bits per heavy atom. The molecule has 0 aliphatic rings. The number of nitrogens with zero attached hydrogens (tertiary/aromatic N) is 1. The molecule has 152 valence electrons. The Bertz CT molecular complexity index is 265. The Morgan fingerprint density at radius 3 is 1.24 bits per heavy atom. The van der Waals surface area contributed by atoms with Crippen LogP contribution in [-0.2, 0) is 0 Å². The van der Waals surface area contributed by atoms with Gasteiger partial charge >= 0.3 is 0 Å². The quantitative estimate of drug-likeness (QED) is 0.142. The molecule has 1 N–H and O–H groups in total. The molecule has 0 saturated carbocycles. The van der Waals surface area contributed by atoms with Crippen LogP contribution in [0, 0.1) is 0 Å². The molecular formula is C23H50NO+. The number of hydrogen-bond acceptors (Lipinski definition) is 1. The number of hydroxylamine groups is 3. The molecule has 2 heteroatoms. The molecular weight excluding hydrogens is 306 g/mol. The van der Waals surface area contributed by atoms with Gasteiger partial charge in [0, 0.05) is 6.42 Å². The van der Waals surface area contributed by atoms with Crippen molar-refractivity contribution < 1.29 is 9.85 Å². The van der Waals surface area contributed by atoms with Gasteiger partial charge in [0.05, 0.1) is 7.05 Å². The maximum atomic E-state index is 10.2. The summed E-state index contributed by atoms with van der Waals surface area (Å²) in [5, 5.41) is 10.2. The average Bonchev–Trinajstić information content (AvgIpc) is 2.61. The van der Waals surface area contributed by atoms with Crippen molar-refractivity contribution in [2.45, 2.75) is 136 Å². The summed E-state index contributed by atoms with van der Waals surface area (Å²) in [7, 11) is 1.93. The van der Waals surface area contributed by atoms with Crippen LogP contribution in [0.15, 0.2) is 0 Å². The highest BCUT2D eigenvalue weighted by atomic mass is 16.5. The maximum Gasteiger partial charge on any atom is 0.116 e. The zero-order chi connectivity index (χ0) is 18.8. The number of quaternary nitrogens is 1. The van der Waals surface area contributed by atoms with E-state index in [2.05, 4.69) is 20.8 Å². The molecule has 0 fully saturated rings. The first-order chi connectivity index (χ1) is 12.0. The molecule has 0 aliphatic heterocycles. The van der Waals surface area contributed by atoms with Gasteiger partial charge in [-0.2, -0.15) is 4.65 Å². The lowest BCUT2D eigenvalue weighted by Gasteiger charge is -2.30. The van der Waals surface area contributed by atoms with Crippen LogP contribution >= 0.6 is 0 Å². The van der Waals surface area contributed by atoms with Crippen molar-refractivity contribution in [3.8, 4) is 0 Å². The second kappa shape index (κ2) is 17.3. The van der Waals surface area contributed by atoms with Crippen molar-refractivity contribution in [3.63, 3.8) is 0 Å². The number of hydrogen-bond donors (Lipinski definition) is 1. The summed E-state index contributed by atoms with van der Waals surface area (Å²) in [5.41, 5.74) is 0. The fourth-order valence-electron chi connectivity index (χ4n) is 3.58. The first-order valence-corrected chi connectivity index (χ1v) is 11.6. The zero-order valence-corrected chi connectivity index (χ0v) is 18.2. The van der Waals surface area contributed by atoms with E-state index in [4.69, 9.17) is 0 Å². The molecule has 0 aliphatic carbocycles. The highest BCUT2D eigenvalue weighted by molar-refractivity contribution is 4.53. The largest absolute Gasteiger partial charge is 0.217 e. The molecule has 2 atom stereocenters. The van der Waals surface area contributed by atoms with Gasteiger partial charge in [-0.3, -0.25) is 0 Å². The molecule has 0 bridgehead atoms. The van der Waals surface area contributed by atoms with Crippen molar-refractivity contribution in [1.82, 2.24) is 0 Å². The van der Waals surface area contributed by atoms with Crippen LogP contribution in [0.5, 0.6) is 0 Å². The lowest BCUT2D eigenvalue weighted by Crippen LogP contribution is -2.47. The molecule has 2 unspecified atom stereocenters. The lowest BCUT2D eigenvalue weighted by molar-refractivity contribution is -1.10. The molecule has 25 heavy (non-hydrogen) atoms. The molecule has 0 rings (SSSR count). The molecule has 0 spiro atoms. The van der Waals surface area contributed by atoms with Crippen molar-refractivity contribution in [2.24, 2.45) is 0 Å². The van der Waals surface area contributed by atoms with E-state index >= 15 is 0 Å². The Labute approximate surface area is 159 Å². The predicted octanol–water partition coefficient (Wildman–Crippen LogP) is 7.88. The molecule has 0 heterocycles. The minimum absolute atomic E-state index is 0.179. The monoisotopic (exact) mass is 356 g/mol. The van der Waals surface area contributed by atoms with E-state index in [-0.39, 0.29) is 4.65 Å². The smallest absolute Gasteiger partial charge is 0.116 e. The van der Waals surface area contributed by atoms with Crippen LogP contribution in [0.25, 0.3) is 0 Å². The predicted molar refractivity (Wildman–Crippen MR) is 112 cm³/mol. The van der Waals surface area contributed by atoms with Crippen molar-refractivity contribution in [3.05, 3.63) is 0 Å². The van der Waals surface area contributed by atoms with Gasteiger partial charge in [0.1, 0.15) is 12.6 Å². The molecule has 0 saturated heterocycles. The van der Waals surface area contributed by atoms with E-state index in [1.807, 2.05) is 7.05 Å². The molecule has 0 aromatic heterocycles. The molecule has 2 nitrogen and oxygen atoms in total. The Morgan fingerprint density at radius 1 is 0.600 bits per heavy atom.